The third kappa shape index (κ3) is 8.18. The number of halogens is 2. The lowest BCUT2D eigenvalue weighted by molar-refractivity contribution is 0.0536. The fourth-order valence-electron chi connectivity index (χ4n) is 3.07. The van der Waals surface area contributed by atoms with Crippen LogP contribution in [0.3, 0.4) is 0 Å². The third-order valence-corrected chi connectivity index (χ3v) is 4.40. The summed E-state index contributed by atoms with van der Waals surface area (Å²) >= 11 is 0. The van der Waals surface area contributed by atoms with Gasteiger partial charge in [-0.3, -0.25) is 4.99 Å². The Hall–Kier alpha value is -0.930. The number of aryl methyl sites for hydroxylation is 1. The molecule has 1 aliphatic heterocycles. The molecule has 1 fully saturated rings. The maximum absolute atomic E-state index is 13.2. The van der Waals surface area contributed by atoms with Crippen LogP contribution in [0, 0.1) is 11.7 Å². The predicted octanol–water partition coefficient (Wildman–Crippen LogP) is 2.94. The minimum absolute atomic E-state index is 0. The SMILES string of the molecule is CN=C(NCCCc1cccc(F)c1)N1CCC(COCCOC)C1.I. The number of nitrogens with zero attached hydrogens (tertiary/aromatic N) is 2. The lowest BCUT2D eigenvalue weighted by Gasteiger charge is -2.21. The number of hydrogen-bond acceptors (Lipinski definition) is 3. The normalized spacial score (nSPS) is 17.3. The molecule has 0 aromatic heterocycles. The van der Waals surface area contributed by atoms with E-state index in [2.05, 4.69) is 15.2 Å². The number of benzene rings is 1. The van der Waals surface area contributed by atoms with E-state index in [-0.39, 0.29) is 29.8 Å². The van der Waals surface area contributed by atoms with Gasteiger partial charge in [-0.05, 0) is 37.0 Å². The Morgan fingerprint density at radius 2 is 2.23 bits per heavy atom. The molecule has 148 valence electrons. The Morgan fingerprint density at radius 1 is 1.38 bits per heavy atom. The first-order valence-electron chi connectivity index (χ1n) is 8.99. The van der Waals surface area contributed by atoms with Gasteiger partial charge in [0.25, 0.3) is 0 Å². The Bertz CT molecular complexity index is 545. The smallest absolute Gasteiger partial charge is 0.193 e. The van der Waals surface area contributed by atoms with E-state index < -0.39 is 0 Å². The van der Waals surface area contributed by atoms with Crippen LogP contribution in [0.1, 0.15) is 18.4 Å². The van der Waals surface area contributed by atoms with Gasteiger partial charge in [-0.1, -0.05) is 12.1 Å². The predicted molar refractivity (Wildman–Crippen MR) is 114 cm³/mol. The monoisotopic (exact) mass is 479 g/mol. The van der Waals surface area contributed by atoms with Crippen LogP contribution in [0.5, 0.6) is 0 Å². The third-order valence-electron chi connectivity index (χ3n) is 4.40. The van der Waals surface area contributed by atoms with Crippen LogP contribution in [0.25, 0.3) is 0 Å². The molecular formula is C19H31FIN3O2. The van der Waals surface area contributed by atoms with Crippen LogP contribution < -0.4 is 5.32 Å². The molecule has 1 aromatic carbocycles. The van der Waals surface area contributed by atoms with Crippen LogP contribution in [0.4, 0.5) is 4.39 Å². The van der Waals surface area contributed by atoms with Crippen molar-refractivity contribution in [3.63, 3.8) is 0 Å². The van der Waals surface area contributed by atoms with Gasteiger partial charge in [-0.25, -0.2) is 4.39 Å². The van der Waals surface area contributed by atoms with Crippen LogP contribution in [0.15, 0.2) is 29.3 Å². The highest BCUT2D eigenvalue weighted by atomic mass is 127. The molecule has 1 heterocycles. The number of nitrogens with one attached hydrogen (secondary N) is 1. The van der Waals surface area contributed by atoms with Crippen molar-refractivity contribution in [3.8, 4) is 0 Å². The first-order valence-corrected chi connectivity index (χ1v) is 8.99. The minimum atomic E-state index is -0.169. The molecule has 0 aliphatic carbocycles. The average Bonchev–Trinajstić information content (AvgIpc) is 3.07. The van der Waals surface area contributed by atoms with Crippen LogP contribution in [-0.2, 0) is 15.9 Å². The van der Waals surface area contributed by atoms with E-state index in [0.717, 1.165) is 57.0 Å². The van der Waals surface area contributed by atoms with Crippen molar-refractivity contribution in [2.75, 3.05) is 53.6 Å². The Labute approximate surface area is 173 Å². The molecule has 1 aliphatic rings. The zero-order valence-corrected chi connectivity index (χ0v) is 18.1. The molecule has 0 amide bonds. The van der Waals surface area contributed by atoms with Gasteiger partial charge in [0.2, 0.25) is 0 Å². The summed E-state index contributed by atoms with van der Waals surface area (Å²) in [4.78, 5) is 6.67. The minimum Gasteiger partial charge on any atom is -0.382 e. The molecule has 7 heteroatoms. The lowest BCUT2D eigenvalue weighted by atomic mass is 10.1. The van der Waals surface area contributed by atoms with Crippen molar-refractivity contribution in [2.24, 2.45) is 10.9 Å². The number of likely N-dealkylation sites (tertiary alicyclic amines) is 1. The van der Waals surface area contributed by atoms with Gasteiger partial charge in [0, 0.05) is 39.7 Å². The van der Waals surface area contributed by atoms with E-state index in [0.29, 0.717) is 19.1 Å². The average molecular weight is 479 g/mol. The molecule has 1 N–H and O–H groups in total. The van der Waals surface area contributed by atoms with Crippen molar-refractivity contribution in [1.29, 1.82) is 0 Å². The van der Waals surface area contributed by atoms with Crippen molar-refractivity contribution in [1.82, 2.24) is 10.2 Å². The van der Waals surface area contributed by atoms with Crippen molar-refractivity contribution >= 4 is 29.9 Å². The quantitative estimate of drug-likeness (QED) is 0.256. The Kier molecular flexibility index (Phi) is 11.8. The van der Waals surface area contributed by atoms with E-state index in [1.807, 2.05) is 13.1 Å². The summed E-state index contributed by atoms with van der Waals surface area (Å²) < 4.78 is 23.8. The van der Waals surface area contributed by atoms with Gasteiger partial charge in [0.05, 0.1) is 19.8 Å². The molecule has 1 saturated heterocycles. The van der Waals surface area contributed by atoms with Crippen LogP contribution in [0.2, 0.25) is 0 Å². The number of ether oxygens (including phenoxy) is 2. The van der Waals surface area contributed by atoms with Gasteiger partial charge in [0.15, 0.2) is 5.96 Å². The van der Waals surface area contributed by atoms with Gasteiger partial charge < -0.3 is 19.7 Å². The summed E-state index contributed by atoms with van der Waals surface area (Å²) in [5.74, 6) is 1.32. The molecule has 2 rings (SSSR count). The second-order valence-electron chi connectivity index (χ2n) is 6.38. The fourth-order valence-corrected chi connectivity index (χ4v) is 3.07. The maximum Gasteiger partial charge on any atom is 0.193 e. The first-order chi connectivity index (χ1) is 12.2. The standard InChI is InChI=1S/C19H30FN3O2.HI/c1-21-19(22-9-4-6-16-5-3-7-18(20)13-16)23-10-8-17(14-23)15-25-12-11-24-2;/h3,5,7,13,17H,4,6,8-12,14-15H2,1-2H3,(H,21,22);1H. The Balaban J connectivity index is 0.00000338. The van der Waals surface area contributed by atoms with Gasteiger partial charge >= 0.3 is 0 Å². The molecule has 1 aromatic rings. The molecule has 5 nitrogen and oxygen atoms in total. The lowest BCUT2D eigenvalue weighted by Crippen LogP contribution is -2.40. The van der Waals surface area contributed by atoms with Gasteiger partial charge in [0.1, 0.15) is 5.82 Å². The highest BCUT2D eigenvalue weighted by molar-refractivity contribution is 14.0. The van der Waals surface area contributed by atoms with E-state index in [1.165, 1.54) is 6.07 Å². The molecule has 1 atom stereocenters. The zero-order chi connectivity index (χ0) is 17.9. The van der Waals surface area contributed by atoms with Crippen LogP contribution >= 0.6 is 24.0 Å². The zero-order valence-electron chi connectivity index (χ0n) is 15.7. The van der Waals surface area contributed by atoms with Crippen molar-refractivity contribution < 1.29 is 13.9 Å². The molecule has 26 heavy (non-hydrogen) atoms. The highest BCUT2D eigenvalue weighted by Crippen LogP contribution is 2.16. The van der Waals surface area contributed by atoms with Crippen LogP contribution in [-0.4, -0.2) is 64.5 Å². The van der Waals surface area contributed by atoms with Crippen molar-refractivity contribution in [3.05, 3.63) is 35.6 Å². The molecule has 0 spiro atoms. The molecule has 0 radical (unpaired) electrons. The Morgan fingerprint density at radius 3 is 2.96 bits per heavy atom. The molecule has 1 unspecified atom stereocenters. The van der Waals surface area contributed by atoms with Crippen molar-refractivity contribution in [2.45, 2.75) is 19.3 Å². The summed E-state index contributed by atoms with van der Waals surface area (Å²) in [7, 11) is 3.50. The second kappa shape index (κ2) is 13.3. The summed E-state index contributed by atoms with van der Waals surface area (Å²) in [6.45, 7) is 4.87. The van der Waals surface area contributed by atoms with Gasteiger partial charge in [-0.2, -0.15) is 0 Å². The van der Waals surface area contributed by atoms with E-state index in [4.69, 9.17) is 9.47 Å². The summed E-state index contributed by atoms with van der Waals surface area (Å²) in [6.07, 6.45) is 2.93. The number of rotatable bonds is 9. The molecular weight excluding hydrogens is 448 g/mol. The van der Waals surface area contributed by atoms with E-state index in [9.17, 15) is 4.39 Å². The summed E-state index contributed by atoms with van der Waals surface area (Å²) in [5.41, 5.74) is 1.03. The maximum atomic E-state index is 13.2. The number of aliphatic imine (C=N–C) groups is 1. The summed E-state index contributed by atoms with van der Waals surface area (Å²) in [5, 5.41) is 3.41. The topological polar surface area (TPSA) is 46.1 Å². The van der Waals surface area contributed by atoms with Gasteiger partial charge in [-0.15, -0.1) is 24.0 Å². The largest absolute Gasteiger partial charge is 0.382 e. The van der Waals surface area contributed by atoms with E-state index >= 15 is 0 Å². The first kappa shape index (κ1) is 23.1. The highest BCUT2D eigenvalue weighted by Gasteiger charge is 2.24. The number of guanidine groups is 1. The second-order valence-corrected chi connectivity index (χ2v) is 6.38. The fraction of sp³-hybridized carbons (Fsp3) is 0.632. The van der Waals surface area contributed by atoms with E-state index in [1.54, 1.807) is 19.2 Å². The molecule has 0 saturated carbocycles. The summed E-state index contributed by atoms with van der Waals surface area (Å²) in [6, 6.07) is 6.80. The molecule has 0 bridgehead atoms. The number of methoxy groups -OCH3 is 1. The number of hydrogen-bond donors (Lipinski definition) is 1.